The van der Waals surface area contributed by atoms with Gasteiger partial charge in [-0.2, -0.15) is 4.98 Å². The molecule has 1 aliphatic heterocycles. The van der Waals surface area contributed by atoms with Crippen LogP contribution in [0.4, 0.5) is 19.1 Å². The van der Waals surface area contributed by atoms with Crippen molar-refractivity contribution in [3.8, 4) is 5.75 Å². The quantitative estimate of drug-likeness (QED) is 0.182. The van der Waals surface area contributed by atoms with Crippen LogP contribution in [0.5, 0.6) is 5.75 Å². The van der Waals surface area contributed by atoms with E-state index >= 15 is 4.39 Å². The lowest BCUT2D eigenvalue weighted by Gasteiger charge is -2.33. The highest BCUT2D eigenvalue weighted by Crippen LogP contribution is 2.50. The first-order chi connectivity index (χ1) is 19.3. The summed E-state index contributed by atoms with van der Waals surface area (Å²) in [4.78, 5) is 34.5. The summed E-state index contributed by atoms with van der Waals surface area (Å²) in [6.45, 7) is -0.414. The lowest BCUT2D eigenvalue weighted by molar-refractivity contribution is -0.181. The van der Waals surface area contributed by atoms with E-state index in [1.807, 2.05) is 0 Å². The number of alkyl halides is 3. The van der Waals surface area contributed by atoms with Crippen molar-refractivity contribution in [3.05, 3.63) is 47.0 Å². The molecule has 1 saturated heterocycles. The molecule has 3 heterocycles. The van der Waals surface area contributed by atoms with E-state index in [1.165, 1.54) is 19.1 Å². The number of aliphatic hydroxyl groups is 1. The van der Waals surface area contributed by atoms with E-state index in [2.05, 4.69) is 20.0 Å². The number of fused-ring (bicyclic) bond motifs is 1. The van der Waals surface area contributed by atoms with Gasteiger partial charge in [0.1, 0.15) is 17.9 Å². The molecule has 6 atom stereocenters. The van der Waals surface area contributed by atoms with Crippen molar-refractivity contribution in [2.45, 2.75) is 63.4 Å². The Balaban J connectivity index is 1.64. The van der Waals surface area contributed by atoms with Crippen LogP contribution in [-0.2, 0) is 30.6 Å². The molecule has 0 spiro atoms. The Kier molecular flexibility index (Phi) is 9.06. The Bertz CT molecular complexity index is 1500. The number of nitrogens with one attached hydrogen (secondary N) is 2. The summed E-state index contributed by atoms with van der Waals surface area (Å²) in [6, 6.07) is 6.85. The van der Waals surface area contributed by atoms with E-state index in [1.54, 1.807) is 32.0 Å². The summed E-state index contributed by atoms with van der Waals surface area (Å²) < 4.78 is 67.7. The van der Waals surface area contributed by atoms with E-state index in [4.69, 9.17) is 36.1 Å². The summed E-state index contributed by atoms with van der Waals surface area (Å²) in [7, 11) is 0. The van der Waals surface area contributed by atoms with Gasteiger partial charge >= 0.3 is 12.6 Å². The second-order valence-electron chi connectivity index (χ2n) is 9.44. The molecule has 6 unspecified atom stereocenters. The van der Waals surface area contributed by atoms with Gasteiger partial charge in [0.15, 0.2) is 29.2 Å². The number of carbonyl (C=O) groups is 1. The molecule has 13 nitrogen and oxygen atoms in total. The van der Waals surface area contributed by atoms with Crippen LogP contribution in [0, 0.1) is 0 Å². The van der Waals surface area contributed by atoms with Crippen LogP contribution in [0.3, 0.4) is 0 Å². The molecule has 1 aliphatic rings. The second kappa shape index (κ2) is 12.0. The minimum atomic E-state index is -3.88. The number of aliphatic hydroxyl groups excluding tert-OH is 1. The number of anilines is 1. The number of aromatic nitrogens is 4. The Morgan fingerprint density at radius 1 is 1.34 bits per heavy atom. The number of nitrogens with two attached hydrogens (primary N) is 1. The van der Waals surface area contributed by atoms with E-state index in [0.717, 1.165) is 10.9 Å². The summed E-state index contributed by atoms with van der Waals surface area (Å²) >= 11 is 5.52. The molecule has 0 radical (unpaired) electrons. The number of hydrogen-bond acceptors (Lipinski definition) is 11. The monoisotopic (exact) mass is 620 g/mol. The first-order valence-corrected chi connectivity index (χ1v) is 14.9. The zero-order valence-electron chi connectivity index (χ0n) is 21.9. The van der Waals surface area contributed by atoms with Crippen molar-refractivity contribution in [1.82, 2.24) is 24.6 Å². The number of benzene rings is 1. The highest BCUT2D eigenvalue weighted by molar-refractivity contribution is 8.09. The lowest BCUT2D eigenvalue weighted by Crippen LogP contribution is -2.51. The van der Waals surface area contributed by atoms with Crippen molar-refractivity contribution >= 4 is 41.5 Å². The Labute approximate surface area is 236 Å². The summed E-state index contributed by atoms with van der Waals surface area (Å²) in [6.07, 6.45) is -9.72. The van der Waals surface area contributed by atoms with Crippen molar-refractivity contribution in [1.29, 1.82) is 0 Å². The molecule has 0 bridgehead atoms. The van der Waals surface area contributed by atoms with Gasteiger partial charge in [0.05, 0.1) is 19.0 Å². The van der Waals surface area contributed by atoms with Gasteiger partial charge in [-0.05, 0) is 44.7 Å². The fraction of sp³-hybridized carbons (Fsp3) is 0.478. The average Bonchev–Trinajstić information content (AvgIpc) is 3.42. The molecule has 0 amide bonds. The van der Waals surface area contributed by atoms with Crippen LogP contribution in [0.25, 0.3) is 11.2 Å². The Morgan fingerprint density at radius 3 is 2.66 bits per heavy atom. The van der Waals surface area contributed by atoms with E-state index in [0.29, 0.717) is 0 Å². The molecular weight excluding hydrogens is 592 g/mol. The van der Waals surface area contributed by atoms with Crippen LogP contribution in [-0.4, -0.2) is 73.6 Å². The number of nitrogen functional groups attached to an aromatic ring is 1. The van der Waals surface area contributed by atoms with E-state index in [-0.39, 0.29) is 22.9 Å². The number of nitrogens with zero attached hydrogens (tertiary/aromatic N) is 3. The normalized spacial score (nSPS) is 25.0. The molecule has 4 rings (SSSR count). The number of H-pyrrole nitrogens is 1. The van der Waals surface area contributed by atoms with Gasteiger partial charge < -0.3 is 29.4 Å². The third-order valence-corrected chi connectivity index (χ3v) is 8.46. The van der Waals surface area contributed by atoms with Crippen molar-refractivity contribution in [2.24, 2.45) is 0 Å². The van der Waals surface area contributed by atoms with Crippen LogP contribution in [0.2, 0.25) is 0 Å². The predicted molar refractivity (Wildman–Crippen MR) is 143 cm³/mol. The molecule has 3 aromatic rings. The zero-order chi connectivity index (χ0) is 30.1. The minimum absolute atomic E-state index is 0.180. The molecular formula is C23H28F3N6O7PS. The van der Waals surface area contributed by atoms with Gasteiger partial charge in [0.25, 0.3) is 12.0 Å². The molecule has 0 aliphatic carbocycles. The Hall–Kier alpha value is -3.08. The number of imidazole rings is 1. The second-order valence-corrected chi connectivity index (χ2v) is 12.6. The number of halogens is 3. The van der Waals surface area contributed by atoms with E-state index in [9.17, 15) is 23.5 Å². The van der Waals surface area contributed by atoms with Crippen molar-refractivity contribution in [3.63, 3.8) is 0 Å². The van der Waals surface area contributed by atoms with Gasteiger partial charge in [-0.15, -0.1) is 0 Å². The number of hydrogen-bond donors (Lipinski definition) is 4. The van der Waals surface area contributed by atoms with Gasteiger partial charge in [0, 0.05) is 0 Å². The largest absolute Gasteiger partial charge is 0.462 e. The van der Waals surface area contributed by atoms with E-state index < -0.39 is 67.5 Å². The fourth-order valence-electron chi connectivity index (χ4n) is 4.01. The SMILES string of the molecule is CC(C)OC(=O)C(C)NP(=S)(OCC1(C(F)F)OC(n2cnc3c(=O)[nH]c(N)nc32)C(O)C1F)Oc1ccccc1. The van der Waals surface area contributed by atoms with Gasteiger partial charge in [-0.1, -0.05) is 18.2 Å². The summed E-state index contributed by atoms with van der Waals surface area (Å²) in [5.41, 5.74) is 1.31. The minimum Gasteiger partial charge on any atom is -0.462 e. The van der Waals surface area contributed by atoms with Gasteiger partial charge in [-0.3, -0.25) is 19.1 Å². The number of esters is 1. The molecule has 2 aromatic heterocycles. The van der Waals surface area contributed by atoms with Crippen molar-refractivity contribution < 1.29 is 41.6 Å². The average molecular weight is 621 g/mol. The highest BCUT2D eigenvalue weighted by atomic mass is 32.5. The third kappa shape index (κ3) is 6.39. The lowest BCUT2D eigenvalue weighted by atomic mass is 9.98. The number of ether oxygens (including phenoxy) is 2. The number of para-hydroxylation sites is 1. The van der Waals surface area contributed by atoms with Crippen LogP contribution in [0.1, 0.15) is 27.0 Å². The maximum Gasteiger partial charge on any atom is 0.323 e. The molecule has 1 fully saturated rings. The maximum absolute atomic E-state index is 15.6. The first-order valence-electron chi connectivity index (χ1n) is 12.2. The molecule has 5 N–H and O–H groups in total. The first kappa shape index (κ1) is 30.9. The van der Waals surface area contributed by atoms with Crippen LogP contribution in [0.15, 0.2) is 41.5 Å². The number of rotatable bonds is 11. The third-order valence-electron chi connectivity index (χ3n) is 5.98. The molecule has 18 heteroatoms. The fourth-order valence-corrected chi connectivity index (χ4v) is 6.43. The van der Waals surface area contributed by atoms with Crippen LogP contribution < -0.4 is 20.9 Å². The number of aromatic amines is 1. The summed E-state index contributed by atoms with van der Waals surface area (Å²) in [5, 5.41) is 13.3. The standard InChI is InChI=1S/C23H28F3N6O7PS/c1-11(2)37-20(35)12(3)31-40(41,39-13-7-5-4-6-8-13)36-9-23(21(25)26)16(24)15(33)19(38-23)32-10-28-14-17(32)29-22(27)30-18(14)34/h4-8,10-12,15-16,19,21,33H,9H2,1-3H3,(H,31,41)(H3,27,29,30,34). The van der Waals surface area contributed by atoms with Gasteiger partial charge in [0.2, 0.25) is 5.95 Å². The maximum atomic E-state index is 15.6. The molecule has 0 saturated carbocycles. The molecule has 41 heavy (non-hydrogen) atoms. The predicted octanol–water partition coefficient (Wildman–Crippen LogP) is 2.18. The highest BCUT2D eigenvalue weighted by Gasteiger charge is 2.62. The summed E-state index contributed by atoms with van der Waals surface area (Å²) in [5.74, 6) is -0.866. The van der Waals surface area contributed by atoms with Crippen LogP contribution >= 0.6 is 6.64 Å². The van der Waals surface area contributed by atoms with Crippen molar-refractivity contribution in [2.75, 3.05) is 12.3 Å². The topological polar surface area (TPSA) is 176 Å². The smallest absolute Gasteiger partial charge is 0.323 e. The molecule has 224 valence electrons. The number of carbonyl (C=O) groups excluding carboxylic acids is 1. The molecule has 1 aromatic carbocycles. The van der Waals surface area contributed by atoms with Gasteiger partial charge in [-0.25, -0.2) is 23.2 Å². The Morgan fingerprint density at radius 2 is 2.02 bits per heavy atom. The zero-order valence-corrected chi connectivity index (χ0v) is 23.7.